The first kappa shape index (κ1) is 41.1. The molecule has 2 aromatic rings. The predicted octanol–water partition coefficient (Wildman–Crippen LogP) is 11.9. The van der Waals surface area contributed by atoms with Gasteiger partial charge in [0.1, 0.15) is 0 Å². The van der Waals surface area contributed by atoms with Crippen LogP contribution >= 0.6 is 0 Å². The van der Waals surface area contributed by atoms with Crippen molar-refractivity contribution in [2.75, 3.05) is 19.1 Å². The lowest BCUT2D eigenvalue weighted by atomic mass is 9.96. The van der Waals surface area contributed by atoms with Gasteiger partial charge in [-0.1, -0.05) is 91.3 Å². The van der Waals surface area contributed by atoms with Crippen LogP contribution in [0.1, 0.15) is 104 Å². The van der Waals surface area contributed by atoms with E-state index in [9.17, 15) is 4.39 Å². The van der Waals surface area contributed by atoms with E-state index in [4.69, 9.17) is 4.74 Å². The van der Waals surface area contributed by atoms with Gasteiger partial charge in [-0.15, -0.1) is 6.58 Å². The number of aryl methyl sites for hydroxylation is 2. The van der Waals surface area contributed by atoms with E-state index < -0.39 is 0 Å². The Morgan fingerprint density at radius 3 is 1.85 bits per heavy atom. The number of halogens is 1. The standard InChI is InChI=1S/C21H27N.C7H16O.C5H10.C2H6.CH3F/c1-6-8-20-18(11-15(2)3)9-7-10-21(20)22-19-13-16(4)12-17(5)14-19;1-6(2)5-8-7(3)4;1-3-5-4-2;2*1-2/h6-10,12-15,22H,11H2,1-5H3;6-7H,5H2,1-4H3;3H,1,4-5H2,2H3;1-2H3;1H3/b8-6-;;;;. The third-order valence-corrected chi connectivity index (χ3v) is 4.91. The van der Waals surface area contributed by atoms with E-state index in [1.807, 2.05) is 19.9 Å². The summed E-state index contributed by atoms with van der Waals surface area (Å²) in [6.45, 7) is 29.9. The SMILES string of the molecule is C/C=C\c1c(CC(C)C)cccc1Nc1cc(C)cc(C)c1.C=CCCC.CC.CC(C)COC(C)C.CF. The average Bonchev–Trinajstić information content (AvgIpc) is 2.87. The summed E-state index contributed by atoms with van der Waals surface area (Å²) in [6, 6.07) is 13.1. The third kappa shape index (κ3) is 23.2. The van der Waals surface area contributed by atoms with Gasteiger partial charge in [0.25, 0.3) is 0 Å². The van der Waals surface area contributed by atoms with Crippen LogP contribution in [-0.2, 0) is 11.2 Å². The van der Waals surface area contributed by atoms with Crippen molar-refractivity contribution in [3.05, 3.63) is 77.4 Å². The van der Waals surface area contributed by atoms with Gasteiger partial charge < -0.3 is 10.1 Å². The zero-order chi connectivity index (χ0) is 30.8. The number of hydrogen-bond donors (Lipinski definition) is 1. The van der Waals surface area contributed by atoms with Crippen molar-refractivity contribution in [3.63, 3.8) is 0 Å². The van der Waals surface area contributed by atoms with Crippen molar-refractivity contribution in [1.82, 2.24) is 0 Å². The quantitative estimate of drug-likeness (QED) is 0.301. The van der Waals surface area contributed by atoms with Crippen molar-refractivity contribution < 1.29 is 9.13 Å². The number of benzene rings is 2. The summed E-state index contributed by atoms with van der Waals surface area (Å²) in [5, 5.41) is 3.60. The van der Waals surface area contributed by atoms with Crippen molar-refractivity contribution in [3.8, 4) is 0 Å². The largest absolute Gasteiger partial charge is 0.379 e. The van der Waals surface area contributed by atoms with Crippen LogP contribution < -0.4 is 5.32 Å². The van der Waals surface area contributed by atoms with Crippen LogP contribution in [-0.4, -0.2) is 19.9 Å². The van der Waals surface area contributed by atoms with Gasteiger partial charge in [0.15, 0.2) is 0 Å². The van der Waals surface area contributed by atoms with E-state index in [1.165, 1.54) is 34.4 Å². The minimum Gasteiger partial charge on any atom is -0.379 e. The first-order valence-electron chi connectivity index (χ1n) is 14.7. The Morgan fingerprint density at radius 1 is 0.923 bits per heavy atom. The van der Waals surface area contributed by atoms with Crippen LogP contribution in [0.4, 0.5) is 15.8 Å². The molecule has 224 valence electrons. The molecule has 1 N–H and O–H groups in total. The van der Waals surface area contributed by atoms with E-state index in [1.54, 1.807) is 0 Å². The van der Waals surface area contributed by atoms with E-state index in [0.29, 0.717) is 25.1 Å². The molecule has 0 aliphatic carbocycles. The van der Waals surface area contributed by atoms with E-state index in [0.717, 1.165) is 25.1 Å². The van der Waals surface area contributed by atoms with Gasteiger partial charge >= 0.3 is 0 Å². The summed E-state index contributed by atoms with van der Waals surface area (Å²) >= 11 is 0. The van der Waals surface area contributed by atoms with Gasteiger partial charge in [-0.2, -0.15) is 0 Å². The summed E-state index contributed by atoms with van der Waals surface area (Å²) in [5.41, 5.74) is 7.62. The van der Waals surface area contributed by atoms with Crippen LogP contribution in [0.15, 0.2) is 55.1 Å². The highest BCUT2D eigenvalue weighted by Crippen LogP contribution is 2.28. The lowest BCUT2D eigenvalue weighted by Gasteiger charge is -2.16. The lowest BCUT2D eigenvalue weighted by Crippen LogP contribution is -2.08. The molecule has 0 heterocycles. The second-order valence-corrected chi connectivity index (χ2v) is 10.3. The fourth-order valence-electron chi connectivity index (χ4n) is 3.49. The summed E-state index contributed by atoms with van der Waals surface area (Å²) < 4.78 is 14.8. The summed E-state index contributed by atoms with van der Waals surface area (Å²) in [7, 11) is 0.500. The molecule has 0 atom stereocenters. The second-order valence-electron chi connectivity index (χ2n) is 10.3. The number of allylic oxidation sites excluding steroid dienone is 2. The van der Waals surface area contributed by atoms with Crippen molar-refractivity contribution >= 4 is 17.5 Å². The van der Waals surface area contributed by atoms with E-state index in [-0.39, 0.29) is 0 Å². The third-order valence-electron chi connectivity index (χ3n) is 4.91. The van der Waals surface area contributed by atoms with Gasteiger partial charge in [-0.3, -0.25) is 4.39 Å². The molecule has 0 radical (unpaired) electrons. The molecular weight excluding hydrogens is 481 g/mol. The lowest BCUT2D eigenvalue weighted by molar-refractivity contribution is 0.0593. The van der Waals surface area contributed by atoms with Crippen LogP contribution in [0, 0.1) is 25.7 Å². The average molecular weight is 544 g/mol. The van der Waals surface area contributed by atoms with Crippen molar-refractivity contribution in [1.29, 1.82) is 0 Å². The van der Waals surface area contributed by atoms with Crippen molar-refractivity contribution in [2.24, 2.45) is 11.8 Å². The monoisotopic (exact) mass is 543 g/mol. The fraction of sp³-hybridized carbons (Fsp3) is 0.556. The molecule has 39 heavy (non-hydrogen) atoms. The van der Waals surface area contributed by atoms with Crippen LogP contribution in [0.25, 0.3) is 6.08 Å². The number of anilines is 2. The molecule has 2 nitrogen and oxygen atoms in total. The molecule has 0 saturated carbocycles. The number of hydrogen-bond acceptors (Lipinski definition) is 2. The first-order valence-corrected chi connectivity index (χ1v) is 14.7. The molecule has 0 aliphatic heterocycles. The van der Waals surface area contributed by atoms with Gasteiger partial charge in [-0.05, 0) is 94.2 Å². The van der Waals surface area contributed by atoms with Crippen LogP contribution in [0.2, 0.25) is 0 Å². The van der Waals surface area contributed by atoms with Crippen LogP contribution in [0.5, 0.6) is 0 Å². The Balaban J connectivity index is -0.000000630. The Hall–Kier alpha value is -2.39. The Morgan fingerprint density at radius 2 is 1.49 bits per heavy atom. The molecule has 0 unspecified atom stereocenters. The number of rotatable bonds is 10. The molecule has 0 aliphatic rings. The van der Waals surface area contributed by atoms with E-state index in [2.05, 4.69) is 130 Å². The van der Waals surface area contributed by atoms with Gasteiger partial charge in [0.2, 0.25) is 0 Å². The molecule has 2 aromatic carbocycles. The number of alkyl halides is 1. The number of unbranched alkanes of at least 4 members (excludes halogenated alkanes) is 1. The van der Waals surface area contributed by atoms with Crippen molar-refractivity contribution in [2.45, 2.75) is 108 Å². The highest BCUT2D eigenvalue weighted by Gasteiger charge is 2.08. The molecule has 2 rings (SSSR count). The minimum atomic E-state index is 0.386. The van der Waals surface area contributed by atoms with E-state index >= 15 is 0 Å². The highest BCUT2D eigenvalue weighted by molar-refractivity contribution is 5.74. The maximum atomic E-state index is 9.50. The molecule has 0 spiro atoms. The second kappa shape index (κ2) is 27.2. The Kier molecular flexibility index (Phi) is 28.6. The smallest absolute Gasteiger partial charge is 0.0785 e. The molecule has 0 bridgehead atoms. The maximum Gasteiger partial charge on any atom is 0.0785 e. The zero-order valence-electron chi connectivity index (χ0n) is 27.7. The Labute approximate surface area is 243 Å². The number of nitrogens with one attached hydrogen (secondary N) is 1. The van der Waals surface area contributed by atoms with Gasteiger partial charge in [0, 0.05) is 23.5 Å². The molecule has 0 saturated heterocycles. The summed E-state index contributed by atoms with van der Waals surface area (Å²) in [6.07, 6.45) is 10.1. The topological polar surface area (TPSA) is 21.3 Å². The maximum absolute atomic E-state index is 9.50. The summed E-state index contributed by atoms with van der Waals surface area (Å²) in [5.74, 6) is 1.32. The van der Waals surface area contributed by atoms with Gasteiger partial charge in [-0.25, -0.2) is 0 Å². The Bertz CT molecular complexity index is 840. The van der Waals surface area contributed by atoms with Crippen LogP contribution in [0.3, 0.4) is 0 Å². The highest BCUT2D eigenvalue weighted by atomic mass is 19.1. The van der Waals surface area contributed by atoms with Gasteiger partial charge in [0.05, 0.1) is 13.3 Å². The molecule has 0 aromatic heterocycles. The molecule has 0 fully saturated rings. The normalized spacial score (nSPS) is 9.97. The fourth-order valence-corrected chi connectivity index (χ4v) is 3.49. The minimum absolute atomic E-state index is 0.386. The molecular formula is C36H62FNO. The molecule has 3 heteroatoms. The zero-order valence-corrected chi connectivity index (χ0v) is 27.7. The molecule has 0 amide bonds. The predicted molar refractivity (Wildman–Crippen MR) is 178 cm³/mol. The first-order chi connectivity index (χ1) is 18.5. The summed E-state index contributed by atoms with van der Waals surface area (Å²) in [4.78, 5) is 0. The number of ether oxygens (including phenoxy) is 1.